The Hall–Kier alpha value is -2.40. The molecule has 0 radical (unpaired) electrons. The topological polar surface area (TPSA) is 50.8 Å². The first-order chi connectivity index (χ1) is 12.4. The molecule has 0 aliphatic carbocycles. The smallest absolute Gasteiger partial charge is 0.318 e. The summed E-state index contributed by atoms with van der Waals surface area (Å²) in [4.78, 5) is 14.3. The van der Waals surface area contributed by atoms with Gasteiger partial charge in [-0.1, -0.05) is 23.7 Å². The minimum absolute atomic E-state index is 0.0910. The number of urea groups is 1. The number of ether oxygens (including phenoxy) is 2. The fourth-order valence-corrected chi connectivity index (χ4v) is 2.81. The van der Waals surface area contributed by atoms with Crippen LogP contribution in [0.15, 0.2) is 42.5 Å². The van der Waals surface area contributed by atoms with Gasteiger partial charge in [-0.15, -0.1) is 0 Å². The van der Waals surface area contributed by atoms with E-state index in [1.807, 2.05) is 56.3 Å². The summed E-state index contributed by atoms with van der Waals surface area (Å²) in [5, 5.41) is 3.68. The molecule has 2 atom stereocenters. The summed E-state index contributed by atoms with van der Waals surface area (Å²) in [5.41, 5.74) is 1.87. The van der Waals surface area contributed by atoms with Crippen LogP contribution in [0.1, 0.15) is 37.1 Å². The van der Waals surface area contributed by atoms with E-state index in [9.17, 15) is 4.79 Å². The first-order valence-corrected chi connectivity index (χ1v) is 8.75. The molecule has 0 aliphatic rings. The fourth-order valence-electron chi connectivity index (χ4n) is 2.68. The summed E-state index contributed by atoms with van der Waals surface area (Å²) >= 11 is 5.93. The van der Waals surface area contributed by atoms with Crippen molar-refractivity contribution in [3.05, 3.63) is 58.6 Å². The molecule has 2 aromatic carbocycles. The van der Waals surface area contributed by atoms with E-state index in [1.54, 1.807) is 26.2 Å². The van der Waals surface area contributed by atoms with Crippen LogP contribution >= 0.6 is 11.6 Å². The summed E-state index contributed by atoms with van der Waals surface area (Å²) < 4.78 is 10.7. The fraction of sp³-hybridized carbons (Fsp3) is 0.350. The van der Waals surface area contributed by atoms with Crippen LogP contribution in [0.5, 0.6) is 11.5 Å². The maximum absolute atomic E-state index is 12.7. The predicted octanol–water partition coefficient (Wildman–Crippen LogP) is 4.82. The van der Waals surface area contributed by atoms with Crippen molar-refractivity contribution < 1.29 is 14.3 Å². The van der Waals surface area contributed by atoms with Gasteiger partial charge in [0.25, 0.3) is 0 Å². The summed E-state index contributed by atoms with van der Waals surface area (Å²) in [6.07, 6.45) is 0. The molecule has 2 unspecified atom stereocenters. The van der Waals surface area contributed by atoms with Crippen LogP contribution in [0.25, 0.3) is 0 Å². The van der Waals surface area contributed by atoms with Crippen molar-refractivity contribution in [1.29, 1.82) is 0 Å². The molecule has 2 amide bonds. The highest BCUT2D eigenvalue weighted by Crippen LogP contribution is 2.29. The second kappa shape index (κ2) is 8.81. The molecule has 0 aromatic heterocycles. The van der Waals surface area contributed by atoms with Gasteiger partial charge in [-0.2, -0.15) is 0 Å². The quantitative estimate of drug-likeness (QED) is 0.786. The zero-order valence-electron chi connectivity index (χ0n) is 15.7. The zero-order chi connectivity index (χ0) is 19.3. The number of benzene rings is 2. The van der Waals surface area contributed by atoms with Gasteiger partial charge in [0.15, 0.2) is 0 Å². The first kappa shape index (κ1) is 19.9. The Morgan fingerprint density at radius 1 is 1.08 bits per heavy atom. The van der Waals surface area contributed by atoms with Gasteiger partial charge in [-0.25, -0.2) is 4.79 Å². The highest BCUT2D eigenvalue weighted by Gasteiger charge is 2.21. The van der Waals surface area contributed by atoms with Crippen LogP contribution in [0.3, 0.4) is 0 Å². The van der Waals surface area contributed by atoms with E-state index in [2.05, 4.69) is 5.32 Å². The highest BCUT2D eigenvalue weighted by atomic mass is 35.5. The minimum atomic E-state index is -0.243. The first-order valence-electron chi connectivity index (χ1n) is 8.38. The van der Waals surface area contributed by atoms with Gasteiger partial charge in [0.05, 0.1) is 26.3 Å². The third-order valence-corrected chi connectivity index (χ3v) is 4.75. The van der Waals surface area contributed by atoms with Crippen LogP contribution in [-0.4, -0.2) is 32.2 Å². The van der Waals surface area contributed by atoms with Crippen LogP contribution in [0.2, 0.25) is 5.02 Å². The van der Waals surface area contributed by atoms with Crippen molar-refractivity contribution in [2.45, 2.75) is 25.9 Å². The Kier molecular flexibility index (Phi) is 6.75. The molecule has 0 saturated heterocycles. The molecule has 0 spiro atoms. The third-order valence-electron chi connectivity index (χ3n) is 4.50. The van der Waals surface area contributed by atoms with E-state index < -0.39 is 0 Å². The zero-order valence-corrected chi connectivity index (χ0v) is 16.5. The summed E-state index contributed by atoms with van der Waals surface area (Å²) in [7, 11) is 4.98. The van der Waals surface area contributed by atoms with E-state index in [0.717, 1.165) is 11.1 Å². The lowest BCUT2D eigenvalue weighted by molar-refractivity contribution is 0.191. The van der Waals surface area contributed by atoms with Gasteiger partial charge in [0.1, 0.15) is 11.5 Å². The minimum Gasteiger partial charge on any atom is -0.497 e. The number of hydrogen-bond acceptors (Lipinski definition) is 3. The molecular weight excluding hydrogens is 352 g/mol. The SMILES string of the molecule is COc1ccc(OC)c(C(C)NC(=O)N(C)C(C)c2ccc(Cl)cc2)c1. The number of carbonyl (C=O) groups excluding carboxylic acids is 1. The normalized spacial score (nSPS) is 12.8. The molecule has 26 heavy (non-hydrogen) atoms. The highest BCUT2D eigenvalue weighted by molar-refractivity contribution is 6.30. The monoisotopic (exact) mass is 376 g/mol. The molecule has 0 bridgehead atoms. The molecule has 140 valence electrons. The van der Waals surface area contributed by atoms with Gasteiger partial charge < -0.3 is 19.7 Å². The molecule has 1 N–H and O–H groups in total. The molecule has 2 rings (SSSR count). The van der Waals surface area contributed by atoms with E-state index in [-0.39, 0.29) is 18.1 Å². The molecule has 0 fully saturated rings. The van der Waals surface area contributed by atoms with Gasteiger partial charge in [0, 0.05) is 17.6 Å². The van der Waals surface area contributed by atoms with Gasteiger partial charge >= 0.3 is 6.03 Å². The lowest BCUT2D eigenvalue weighted by Crippen LogP contribution is -2.40. The Bertz CT molecular complexity index is 749. The summed E-state index contributed by atoms with van der Waals surface area (Å²) in [6.45, 7) is 3.88. The number of halogens is 1. The number of nitrogens with zero attached hydrogens (tertiary/aromatic N) is 1. The van der Waals surface area contributed by atoms with E-state index in [0.29, 0.717) is 16.5 Å². The number of rotatable bonds is 6. The molecule has 2 aromatic rings. The van der Waals surface area contributed by atoms with Gasteiger partial charge in [-0.05, 0) is 49.7 Å². The van der Waals surface area contributed by atoms with Crippen molar-refractivity contribution in [3.63, 3.8) is 0 Å². The van der Waals surface area contributed by atoms with Crippen molar-refractivity contribution in [1.82, 2.24) is 10.2 Å². The van der Waals surface area contributed by atoms with Crippen LogP contribution in [0, 0.1) is 0 Å². The Morgan fingerprint density at radius 3 is 2.31 bits per heavy atom. The van der Waals surface area contributed by atoms with E-state index in [1.165, 1.54) is 0 Å². The number of amides is 2. The molecule has 0 aliphatic heterocycles. The van der Waals surface area contributed by atoms with Crippen molar-refractivity contribution in [3.8, 4) is 11.5 Å². The van der Waals surface area contributed by atoms with Crippen LogP contribution < -0.4 is 14.8 Å². The number of nitrogens with one attached hydrogen (secondary N) is 1. The predicted molar refractivity (Wildman–Crippen MR) is 104 cm³/mol. The second-order valence-electron chi connectivity index (χ2n) is 6.12. The maximum atomic E-state index is 12.7. The largest absolute Gasteiger partial charge is 0.497 e. The molecule has 5 nitrogen and oxygen atoms in total. The van der Waals surface area contributed by atoms with E-state index >= 15 is 0 Å². The average molecular weight is 377 g/mol. The lowest BCUT2D eigenvalue weighted by Gasteiger charge is -2.28. The summed E-state index contributed by atoms with van der Waals surface area (Å²) in [5.74, 6) is 1.41. The Balaban J connectivity index is 2.11. The van der Waals surface area contributed by atoms with Crippen molar-refractivity contribution in [2.75, 3.05) is 21.3 Å². The van der Waals surface area contributed by atoms with Crippen molar-refractivity contribution >= 4 is 17.6 Å². The summed E-state index contributed by atoms with van der Waals surface area (Å²) in [6, 6.07) is 12.5. The lowest BCUT2D eigenvalue weighted by atomic mass is 10.1. The van der Waals surface area contributed by atoms with Crippen LogP contribution in [-0.2, 0) is 0 Å². The Labute approximate surface area is 159 Å². The van der Waals surface area contributed by atoms with E-state index in [4.69, 9.17) is 21.1 Å². The van der Waals surface area contributed by atoms with Crippen molar-refractivity contribution in [2.24, 2.45) is 0 Å². The standard InChI is InChI=1S/C20H25ClN2O3/c1-13(18-12-17(25-4)10-11-19(18)26-5)22-20(24)23(3)14(2)15-6-8-16(21)9-7-15/h6-14H,1-5H3,(H,22,24). The Morgan fingerprint density at radius 2 is 1.73 bits per heavy atom. The van der Waals surface area contributed by atoms with Gasteiger partial charge in [-0.3, -0.25) is 0 Å². The molecule has 6 heteroatoms. The van der Waals surface area contributed by atoms with Gasteiger partial charge in [0.2, 0.25) is 0 Å². The molecule has 0 saturated carbocycles. The number of hydrogen-bond donors (Lipinski definition) is 1. The van der Waals surface area contributed by atoms with Crippen LogP contribution in [0.4, 0.5) is 4.79 Å². The molecule has 0 heterocycles. The second-order valence-corrected chi connectivity index (χ2v) is 6.55. The average Bonchev–Trinajstić information content (AvgIpc) is 2.66. The third kappa shape index (κ3) is 4.61. The number of carbonyl (C=O) groups is 1. The molecular formula is C20H25ClN2O3. The number of methoxy groups -OCH3 is 2. The maximum Gasteiger partial charge on any atom is 0.318 e.